The summed E-state index contributed by atoms with van der Waals surface area (Å²) in [6, 6.07) is 2.55. The van der Waals surface area contributed by atoms with Crippen LogP contribution in [0.1, 0.15) is 24.5 Å². The van der Waals surface area contributed by atoms with E-state index in [4.69, 9.17) is 5.11 Å². The van der Waals surface area contributed by atoms with Crippen LogP contribution in [0.25, 0.3) is 6.08 Å². The summed E-state index contributed by atoms with van der Waals surface area (Å²) >= 11 is 0. The second kappa shape index (κ2) is 6.72. The summed E-state index contributed by atoms with van der Waals surface area (Å²) in [5, 5.41) is 8.66. The first-order valence-corrected chi connectivity index (χ1v) is 7.34. The fourth-order valence-corrected chi connectivity index (χ4v) is 2.76. The topological polar surface area (TPSA) is 56.7 Å². The van der Waals surface area contributed by atoms with E-state index in [0.29, 0.717) is 6.04 Å². The van der Waals surface area contributed by atoms with Crippen molar-refractivity contribution in [1.82, 2.24) is 9.88 Å². The van der Waals surface area contributed by atoms with Crippen molar-refractivity contribution in [2.45, 2.75) is 26.3 Å². The Morgan fingerprint density at radius 3 is 2.90 bits per heavy atom. The first-order valence-electron chi connectivity index (χ1n) is 7.34. The molecule has 1 saturated heterocycles. The van der Waals surface area contributed by atoms with Gasteiger partial charge in [0, 0.05) is 37.9 Å². The van der Waals surface area contributed by atoms with Gasteiger partial charge in [0.15, 0.2) is 0 Å². The van der Waals surface area contributed by atoms with Gasteiger partial charge >= 0.3 is 5.97 Å². The lowest BCUT2D eigenvalue weighted by Gasteiger charge is -2.40. The normalized spacial score (nSPS) is 20.1. The molecule has 1 atom stereocenters. The van der Waals surface area contributed by atoms with Crippen molar-refractivity contribution in [3.8, 4) is 0 Å². The molecule has 0 aromatic carbocycles. The fourth-order valence-electron chi connectivity index (χ4n) is 2.76. The number of hydrogen-bond donors (Lipinski definition) is 1. The fraction of sp³-hybridized carbons (Fsp3) is 0.500. The van der Waals surface area contributed by atoms with Gasteiger partial charge in [-0.1, -0.05) is 6.92 Å². The summed E-state index contributed by atoms with van der Waals surface area (Å²) in [6.07, 6.45) is 5.58. The largest absolute Gasteiger partial charge is 0.478 e. The quantitative estimate of drug-likeness (QED) is 0.859. The third-order valence-electron chi connectivity index (χ3n) is 4.04. The Labute approximate surface area is 125 Å². The maximum atomic E-state index is 10.6. The van der Waals surface area contributed by atoms with E-state index in [-0.39, 0.29) is 0 Å². The number of rotatable bonds is 4. The van der Waals surface area contributed by atoms with Crippen LogP contribution in [0.2, 0.25) is 0 Å². The number of anilines is 1. The van der Waals surface area contributed by atoms with E-state index in [2.05, 4.69) is 28.8 Å². The van der Waals surface area contributed by atoms with E-state index in [1.165, 1.54) is 0 Å². The molecule has 1 N–H and O–H groups in total. The highest BCUT2D eigenvalue weighted by atomic mass is 16.4. The zero-order valence-electron chi connectivity index (χ0n) is 12.9. The van der Waals surface area contributed by atoms with E-state index >= 15 is 0 Å². The first-order chi connectivity index (χ1) is 10.0. The highest BCUT2D eigenvalue weighted by Gasteiger charge is 2.24. The van der Waals surface area contributed by atoms with Gasteiger partial charge in [-0.05, 0) is 43.7 Å². The molecule has 1 fully saturated rings. The molecule has 1 aromatic rings. The molecule has 2 heterocycles. The number of nitrogens with zero attached hydrogens (tertiary/aromatic N) is 3. The van der Waals surface area contributed by atoms with Crippen molar-refractivity contribution in [3.05, 3.63) is 29.5 Å². The van der Waals surface area contributed by atoms with Crippen molar-refractivity contribution in [1.29, 1.82) is 0 Å². The number of aryl methyl sites for hydroxylation is 1. The predicted molar refractivity (Wildman–Crippen MR) is 84.6 cm³/mol. The van der Waals surface area contributed by atoms with Crippen molar-refractivity contribution in [3.63, 3.8) is 0 Å². The second-order valence-electron chi connectivity index (χ2n) is 5.57. The number of aromatic nitrogens is 1. The minimum atomic E-state index is -0.943. The third kappa shape index (κ3) is 3.82. The third-order valence-corrected chi connectivity index (χ3v) is 4.04. The summed E-state index contributed by atoms with van der Waals surface area (Å²) in [5.74, 6) is 0.0654. The van der Waals surface area contributed by atoms with Crippen molar-refractivity contribution in [2.24, 2.45) is 0 Å². The average Bonchev–Trinajstić information content (AvgIpc) is 2.46. The standard InChI is InChI=1S/C16H23N3O2/c1-4-14-11-19(8-7-18(14)3)16-12(2)9-13(10-17-16)5-6-15(20)21/h5-6,9-10,14H,4,7-8,11H2,1-3H3,(H,20,21)/b6-5+. The Morgan fingerprint density at radius 1 is 1.52 bits per heavy atom. The molecule has 2 rings (SSSR count). The number of aliphatic carboxylic acids is 1. The Balaban J connectivity index is 2.15. The zero-order chi connectivity index (χ0) is 15.4. The van der Waals surface area contributed by atoms with E-state index in [1.54, 1.807) is 12.3 Å². The van der Waals surface area contributed by atoms with Crippen LogP contribution in [0.15, 0.2) is 18.3 Å². The molecule has 1 aliphatic heterocycles. The molecule has 0 radical (unpaired) electrons. The molecular weight excluding hydrogens is 266 g/mol. The van der Waals surface area contributed by atoms with Gasteiger partial charge in [-0.3, -0.25) is 4.90 Å². The number of carbonyl (C=O) groups is 1. The molecule has 0 amide bonds. The molecular formula is C16H23N3O2. The summed E-state index contributed by atoms with van der Waals surface area (Å²) in [4.78, 5) is 19.8. The molecule has 1 aromatic heterocycles. The highest BCUT2D eigenvalue weighted by molar-refractivity contribution is 5.85. The van der Waals surface area contributed by atoms with Crippen LogP contribution in [0, 0.1) is 6.92 Å². The number of piperazine rings is 1. The number of hydrogen-bond acceptors (Lipinski definition) is 4. The first kappa shape index (κ1) is 15.5. The Morgan fingerprint density at radius 2 is 2.29 bits per heavy atom. The average molecular weight is 289 g/mol. The number of pyridine rings is 1. The second-order valence-corrected chi connectivity index (χ2v) is 5.57. The number of likely N-dealkylation sites (N-methyl/N-ethyl adjacent to an activating group) is 1. The van der Waals surface area contributed by atoms with Crippen molar-refractivity contribution < 1.29 is 9.90 Å². The van der Waals surface area contributed by atoms with Gasteiger partial charge in [-0.15, -0.1) is 0 Å². The molecule has 5 nitrogen and oxygen atoms in total. The maximum absolute atomic E-state index is 10.6. The van der Waals surface area contributed by atoms with E-state index in [1.807, 2.05) is 13.0 Å². The molecule has 21 heavy (non-hydrogen) atoms. The van der Waals surface area contributed by atoms with Gasteiger partial charge < -0.3 is 10.0 Å². The lowest BCUT2D eigenvalue weighted by Crippen LogP contribution is -2.51. The minimum absolute atomic E-state index is 0.562. The van der Waals surface area contributed by atoms with E-state index in [9.17, 15) is 4.79 Å². The van der Waals surface area contributed by atoms with Crippen molar-refractivity contribution >= 4 is 17.9 Å². The van der Waals surface area contributed by atoms with Gasteiger partial charge in [-0.25, -0.2) is 9.78 Å². The predicted octanol–water partition coefficient (Wildman–Crippen LogP) is 2.02. The lowest BCUT2D eigenvalue weighted by atomic mass is 10.1. The van der Waals surface area contributed by atoms with Crippen LogP contribution in [-0.2, 0) is 4.79 Å². The van der Waals surface area contributed by atoms with Crippen LogP contribution < -0.4 is 4.90 Å². The highest BCUT2D eigenvalue weighted by Crippen LogP contribution is 2.22. The molecule has 114 valence electrons. The molecule has 1 unspecified atom stereocenters. The Bertz CT molecular complexity index is 542. The Hall–Kier alpha value is -1.88. The van der Waals surface area contributed by atoms with Crippen LogP contribution in [-0.4, -0.2) is 53.7 Å². The lowest BCUT2D eigenvalue weighted by molar-refractivity contribution is -0.131. The molecule has 0 spiro atoms. The molecule has 0 bridgehead atoms. The zero-order valence-corrected chi connectivity index (χ0v) is 12.9. The van der Waals surface area contributed by atoms with E-state index < -0.39 is 5.97 Å². The minimum Gasteiger partial charge on any atom is -0.478 e. The molecule has 0 saturated carbocycles. The number of carboxylic acid groups (broad SMARTS) is 1. The molecule has 0 aliphatic carbocycles. The SMILES string of the molecule is CCC1CN(c2ncc(/C=C/C(=O)O)cc2C)CCN1C. The van der Waals surface area contributed by atoms with Gasteiger partial charge in [0.2, 0.25) is 0 Å². The van der Waals surface area contributed by atoms with Gasteiger partial charge in [0.05, 0.1) is 0 Å². The Kier molecular flexibility index (Phi) is 4.96. The monoisotopic (exact) mass is 289 g/mol. The summed E-state index contributed by atoms with van der Waals surface area (Å²) < 4.78 is 0. The summed E-state index contributed by atoms with van der Waals surface area (Å²) in [5.41, 5.74) is 1.90. The van der Waals surface area contributed by atoms with Gasteiger partial charge in [0.1, 0.15) is 5.82 Å². The maximum Gasteiger partial charge on any atom is 0.328 e. The van der Waals surface area contributed by atoms with Gasteiger partial charge in [-0.2, -0.15) is 0 Å². The number of carboxylic acids is 1. The summed E-state index contributed by atoms with van der Waals surface area (Å²) in [6.45, 7) is 7.25. The van der Waals surface area contributed by atoms with Gasteiger partial charge in [0.25, 0.3) is 0 Å². The molecule has 5 heteroatoms. The molecule has 1 aliphatic rings. The van der Waals surface area contributed by atoms with Crippen LogP contribution in [0.4, 0.5) is 5.82 Å². The van der Waals surface area contributed by atoms with Crippen LogP contribution in [0.3, 0.4) is 0 Å². The van der Waals surface area contributed by atoms with Crippen LogP contribution in [0.5, 0.6) is 0 Å². The van der Waals surface area contributed by atoms with Crippen LogP contribution >= 0.6 is 0 Å². The smallest absolute Gasteiger partial charge is 0.328 e. The van der Waals surface area contributed by atoms with E-state index in [0.717, 1.165) is 49.1 Å². The van der Waals surface area contributed by atoms with Crippen molar-refractivity contribution in [2.75, 3.05) is 31.6 Å². The summed E-state index contributed by atoms with van der Waals surface area (Å²) in [7, 11) is 2.17.